The molecule has 1 heterocycles. The summed E-state index contributed by atoms with van der Waals surface area (Å²) in [5.74, 6) is -0.627. The van der Waals surface area contributed by atoms with Gasteiger partial charge in [0.2, 0.25) is 0 Å². The number of aromatic nitrogens is 1. The van der Waals surface area contributed by atoms with Gasteiger partial charge in [-0.2, -0.15) is 0 Å². The van der Waals surface area contributed by atoms with Crippen molar-refractivity contribution < 1.29 is 9.53 Å². The summed E-state index contributed by atoms with van der Waals surface area (Å²) in [5, 5.41) is 1.27. The van der Waals surface area contributed by atoms with Gasteiger partial charge in [0.1, 0.15) is 5.56 Å². The molecule has 0 fully saturated rings. The smallest absolute Gasteiger partial charge is 0.343 e. The van der Waals surface area contributed by atoms with Crippen molar-refractivity contribution in [2.45, 2.75) is 13.8 Å². The number of fused-ring (bicyclic) bond motifs is 1. The third-order valence-electron chi connectivity index (χ3n) is 2.61. The lowest BCUT2D eigenvalue weighted by Gasteiger charge is -2.06. The molecule has 0 saturated carbocycles. The Balaban J connectivity index is 2.68. The zero-order valence-corrected chi connectivity index (χ0v) is 10.8. The van der Waals surface area contributed by atoms with Crippen LogP contribution in [-0.4, -0.2) is 17.6 Å². The fourth-order valence-electron chi connectivity index (χ4n) is 1.82. The molecule has 0 atom stereocenters. The molecule has 2 aromatic rings. The first-order valence-electron chi connectivity index (χ1n) is 5.53. The number of H-pyrrole nitrogens is 1. The molecular formula is C13H12ClNO3. The fourth-order valence-corrected chi connectivity index (χ4v) is 2.10. The molecule has 0 unspecified atom stereocenters. The highest BCUT2D eigenvalue weighted by molar-refractivity contribution is 6.31. The Morgan fingerprint density at radius 3 is 2.78 bits per heavy atom. The van der Waals surface area contributed by atoms with Crippen molar-refractivity contribution in [3.8, 4) is 0 Å². The molecule has 1 N–H and O–H groups in total. The van der Waals surface area contributed by atoms with Gasteiger partial charge in [0.25, 0.3) is 5.56 Å². The summed E-state index contributed by atoms with van der Waals surface area (Å²) in [6, 6.07) is 4.96. The van der Waals surface area contributed by atoms with Crippen molar-refractivity contribution in [2.24, 2.45) is 0 Å². The summed E-state index contributed by atoms with van der Waals surface area (Å²) >= 11 is 5.95. The topological polar surface area (TPSA) is 59.2 Å². The molecule has 1 aromatic carbocycles. The van der Waals surface area contributed by atoms with E-state index in [1.165, 1.54) is 6.07 Å². The predicted octanol–water partition coefficient (Wildman–Crippen LogP) is 2.67. The van der Waals surface area contributed by atoms with E-state index >= 15 is 0 Å². The largest absolute Gasteiger partial charge is 0.462 e. The van der Waals surface area contributed by atoms with Crippen molar-refractivity contribution in [1.29, 1.82) is 0 Å². The molecule has 0 aliphatic heterocycles. The molecule has 0 spiro atoms. The second-order valence-corrected chi connectivity index (χ2v) is 4.36. The Labute approximate surface area is 109 Å². The third kappa shape index (κ3) is 2.24. The highest BCUT2D eigenvalue weighted by Gasteiger charge is 2.13. The Morgan fingerprint density at radius 1 is 1.39 bits per heavy atom. The SMILES string of the molecule is CCOC(=O)c1cc2cc(Cl)cc(C)c2[nH]c1=O. The van der Waals surface area contributed by atoms with Gasteiger partial charge in [-0.15, -0.1) is 0 Å². The van der Waals surface area contributed by atoms with Crippen LogP contribution in [0.2, 0.25) is 5.02 Å². The fraction of sp³-hybridized carbons (Fsp3) is 0.231. The number of ether oxygens (including phenoxy) is 1. The Bertz CT molecular complexity index is 676. The number of nitrogens with one attached hydrogen (secondary N) is 1. The molecule has 4 nitrogen and oxygen atoms in total. The summed E-state index contributed by atoms with van der Waals surface area (Å²) < 4.78 is 4.83. The Kier molecular flexibility index (Phi) is 3.39. The van der Waals surface area contributed by atoms with E-state index in [1.54, 1.807) is 19.1 Å². The minimum atomic E-state index is -0.627. The Hall–Kier alpha value is -1.81. The summed E-state index contributed by atoms with van der Waals surface area (Å²) in [6.07, 6.45) is 0. The van der Waals surface area contributed by atoms with Crippen LogP contribution >= 0.6 is 11.6 Å². The Morgan fingerprint density at radius 2 is 2.11 bits per heavy atom. The summed E-state index contributed by atoms with van der Waals surface area (Å²) in [5.41, 5.74) is 1.07. The number of pyridine rings is 1. The predicted molar refractivity (Wildman–Crippen MR) is 70.3 cm³/mol. The number of benzene rings is 1. The number of hydrogen-bond donors (Lipinski definition) is 1. The number of carbonyl (C=O) groups excluding carboxylic acids is 1. The first kappa shape index (κ1) is 12.6. The van der Waals surface area contributed by atoms with Gasteiger partial charge in [0, 0.05) is 10.4 Å². The third-order valence-corrected chi connectivity index (χ3v) is 2.83. The molecule has 2 rings (SSSR count). The van der Waals surface area contributed by atoms with Crippen LogP contribution in [0.15, 0.2) is 23.0 Å². The molecule has 0 bridgehead atoms. The maximum absolute atomic E-state index is 11.8. The highest BCUT2D eigenvalue weighted by atomic mass is 35.5. The van der Waals surface area contributed by atoms with Crippen LogP contribution in [-0.2, 0) is 4.74 Å². The van der Waals surface area contributed by atoms with Gasteiger partial charge in [0.15, 0.2) is 0 Å². The maximum Gasteiger partial charge on any atom is 0.343 e. The number of halogens is 1. The molecule has 0 aliphatic carbocycles. The zero-order valence-electron chi connectivity index (χ0n) is 10.0. The van der Waals surface area contributed by atoms with Crippen LogP contribution in [0.1, 0.15) is 22.8 Å². The van der Waals surface area contributed by atoms with Gasteiger partial charge in [-0.25, -0.2) is 4.79 Å². The van der Waals surface area contributed by atoms with Crippen LogP contribution < -0.4 is 5.56 Å². The molecule has 0 saturated heterocycles. The van der Waals surface area contributed by atoms with Crippen molar-refractivity contribution >= 4 is 28.5 Å². The van der Waals surface area contributed by atoms with E-state index in [-0.39, 0.29) is 12.2 Å². The van der Waals surface area contributed by atoms with Crippen molar-refractivity contribution in [1.82, 2.24) is 4.98 Å². The van der Waals surface area contributed by atoms with Crippen LogP contribution in [0.25, 0.3) is 10.9 Å². The second-order valence-electron chi connectivity index (χ2n) is 3.92. The lowest BCUT2D eigenvalue weighted by molar-refractivity contribution is 0.0524. The highest BCUT2D eigenvalue weighted by Crippen LogP contribution is 2.21. The molecule has 0 radical (unpaired) electrons. The molecule has 94 valence electrons. The number of hydrogen-bond acceptors (Lipinski definition) is 3. The first-order valence-corrected chi connectivity index (χ1v) is 5.91. The molecular weight excluding hydrogens is 254 g/mol. The lowest BCUT2D eigenvalue weighted by Crippen LogP contribution is -2.19. The average Bonchev–Trinajstić information content (AvgIpc) is 2.29. The van der Waals surface area contributed by atoms with Crippen LogP contribution in [0.3, 0.4) is 0 Å². The maximum atomic E-state index is 11.8. The van der Waals surface area contributed by atoms with Gasteiger partial charge in [-0.05, 0) is 37.6 Å². The number of aryl methyl sites for hydroxylation is 1. The zero-order chi connectivity index (χ0) is 13.3. The quantitative estimate of drug-likeness (QED) is 0.850. The number of esters is 1. The van der Waals surface area contributed by atoms with Crippen LogP contribution in [0.5, 0.6) is 0 Å². The molecule has 0 aliphatic rings. The van der Waals surface area contributed by atoms with Gasteiger partial charge in [-0.1, -0.05) is 11.6 Å². The minimum absolute atomic E-state index is 0.00832. The minimum Gasteiger partial charge on any atom is -0.462 e. The van der Waals surface area contributed by atoms with E-state index in [1.807, 2.05) is 6.92 Å². The lowest BCUT2D eigenvalue weighted by atomic mass is 10.1. The molecule has 1 aromatic heterocycles. The molecule has 5 heteroatoms. The van der Waals surface area contributed by atoms with Gasteiger partial charge >= 0.3 is 5.97 Å². The van der Waals surface area contributed by atoms with Gasteiger partial charge < -0.3 is 9.72 Å². The summed E-state index contributed by atoms with van der Waals surface area (Å²) in [6.45, 7) is 3.76. The summed E-state index contributed by atoms with van der Waals surface area (Å²) in [7, 11) is 0. The summed E-state index contributed by atoms with van der Waals surface area (Å²) in [4.78, 5) is 26.1. The van der Waals surface area contributed by atoms with E-state index in [0.717, 1.165) is 5.56 Å². The van der Waals surface area contributed by atoms with E-state index in [9.17, 15) is 9.59 Å². The monoisotopic (exact) mass is 265 g/mol. The standard InChI is InChI=1S/C13H12ClNO3/c1-3-18-13(17)10-6-8-5-9(14)4-7(2)11(8)15-12(10)16/h4-6H,3H2,1-2H3,(H,15,16). The molecule has 0 amide bonds. The van der Waals surface area contributed by atoms with E-state index in [0.29, 0.717) is 15.9 Å². The second kappa shape index (κ2) is 4.82. The normalized spacial score (nSPS) is 10.6. The van der Waals surface area contributed by atoms with E-state index in [4.69, 9.17) is 16.3 Å². The van der Waals surface area contributed by atoms with Gasteiger partial charge in [0.05, 0.1) is 12.1 Å². The molecule has 18 heavy (non-hydrogen) atoms. The number of carbonyl (C=O) groups is 1. The number of aromatic amines is 1. The number of rotatable bonds is 2. The first-order chi connectivity index (χ1) is 8.52. The average molecular weight is 266 g/mol. The van der Waals surface area contributed by atoms with E-state index in [2.05, 4.69) is 4.98 Å². The van der Waals surface area contributed by atoms with Crippen molar-refractivity contribution in [2.75, 3.05) is 6.61 Å². The van der Waals surface area contributed by atoms with E-state index < -0.39 is 11.5 Å². The van der Waals surface area contributed by atoms with Crippen LogP contribution in [0, 0.1) is 6.92 Å². The van der Waals surface area contributed by atoms with Crippen molar-refractivity contribution in [3.63, 3.8) is 0 Å². The van der Waals surface area contributed by atoms with Crippen LogP contribution in [0.4, 0.5) is 0 Å². The van der Waals surface area contributed by atoms with Crippen molar-refractivity contribution in [3.05, 3.63) is 44.7 Å². The van der Waals surface area contributed by atoms with Gasteiger partial charge in [-0.3, -0.25) is 4.79 Å².